The maximum Gasteiger partial charge on any atom is 0.405 e. The van der Waals surface area contributed by atoms with Gasteiger partial charge in [0.15, 0.2) is 0 Å². The molecule has 1 N–H and O–H groups in total. The van der Waals surface area contributed by atoms with Crippen LogP contribution in [0.1, 0.15) is 5.56 Å². The fourth-order valence-corrected chi connectivity index (χ4v) is 3.02. The number of rotatable bonds is 1. The van der Waals surface area contributed by atoms with E-state index in [1.807, 2.05) is 0 Å². The molecule has 0 radical (unpaired) electrons. The number of carboxylic acid groups (broad SMARTS) is 1. The van der Waals surface area contributed by atoms with Crippen LogP contribution in [0.3, 0.4) is 0 Å². The van der Waals surface area contributed by atoms with Crippen molar-refractivity contribution in [2.75, 3.05) is 0 Å². The molecule has 2 rings (SSSR count). The highest BCUT2D eigenvalue weighted by Crippen LogP contribution is 2.46. The van der Waals surface area contributed by atoms with E-state index >= 15 is 0 Å². The molecule has 0 bridgehead atoms. The van der Waals surface area contributed by atoms with Crippen molar-refractivity contribution in [3.05, 3.63) is 34.4 Å². The molecule has 0 aliphatic carbocycles. The minimum absolute atomic E-state index is 0.236. The van der Waals surface area contributed by atoms with Crippen LogP contribution >= 0.6 is 23.4 Å². The van der Waals surface area contributed by atoms with Gasteiger partial charge in [-0.2, -0.15) is 13.2 Å². The second-order valence-electron chi connectivity index (χ2n) is 3.60. The van der Waals surface area contributed by atoms with Gasteiger partial charge in [-0.3, -0.25) is 0 Å². The molecule has 0 amide bonds. The summed E-state index contributed by atoms with van der Waals surface area (Å²) in [5, 5.41) is 7.03. The number of carbonyl (C=O) groups is 1. The van der Waals surface area contributed by atoms with Gasteiger partial charge in [-0.15, -0.1) is 11.8 Å². The first kappa shape index (κ1) is 13.3. The summed E-state index contributed by atoms with van der Waals surface area (Å²) in [5.74, 6) is -1.59. The normalized spacial score (nSPS) is 19.1. The second-order valence-corrected chi connectivity index (χ2v) is 5.15. The van der Waals surface area contributed by atoms with Gasteiger partial charge in [0.05, 0.1) is 5.57 Å². The molecule has 0 aromatic heterocycles. The van der Waals surface area contributed by atoms with Crippen molar-refractivity contribution < 1.29 is 23.1 Å². The Labute approximate surface area is 109 Å². The highest BCUT2D eigenvalue weighted by molar-refractivity contribution is 8.00. The number of fused-ring (bicyclic) bond motifs is 1. The number of hydrogen-bond donors (Lipinski definition) is 1. The highest BCUT2D eigenvalue weighted by Gasteiger charge is 2.47. The van der Waals surface area contributed by atoms with Crippen LogP contribution in [0.25, 0.3) is 6.08 Å². The van der Waals surface area contributed by atoms with Crippen LogP contribution in [0.15, 0.2) is 28.7 Å². The molecule has 0 saturated carbocycles. The molecule has 96 valence electrons. The van der Waals surface area contributed by atoms with Crippen LogP contribution in [-0.2, 0) is 4.79 Å². The predicted octanol–water partition coefficient (Wildman–Crippen LogP) is 3.84. The van der Waals surface area contributed by atoms with Crippen molar-refractivity contribution in [2.45, 2.75) is 16.3 Å². The third kappa shape index (κ3) is 2.35. The number of alkyl halides is 3. The molecule has 1 heterocycles. The van der Waals surface area contributed by atoms with Gasteiger partial charge in [0.1, 0.15) is 5.25 Å². The third-order valence-corrected chi connectivity index (χ3v) is 4.08. The standard InChI is InChI=1S/C11H6ClF3O2S/c12-7-2-1-3-8-5(7)4-6(10(16)17)9(18-8)11(13,14)15/h1-4,9H,(H,16,17)/t9-/m0/s1. The van der Waals surface area contributed by atoms with Gasteiger partial charge in [0.25, 0.3) is 0 Å². The Bertz CT molecular complexity index is 540. The number of hydrogen-bond acceptors (Lipinski definition) is 2. The van der Waals surface area contributed by atoms with Crippen molar-refractivity contribution >= 4 is 35.4 Å². The molecular formula is C11H6ClF3O2S. The van der Waals surface area contributed by atoms with E-state index in [9.17, 15) is 18.0 Å². The average Bonchev–Trinajstić information content (AvgIpc) is 2.26. The number of benzene rings is 1. The lowest BCUT2D eigenvalue weighted by Gasteiger charge is -2.25. The van der Waals surface area contributed by atoms with Crippen molar-refractivity contribution in [1.82, 2.24) is 0 Å². The second kappa shape index (κ2) is 4.51. The number of halogens is 4. The lowest BCUT2D eigenvalue weighted by atomic mass is 10.1. The number of carboxylic acids is 1. The van der Waals surface area contributed by atoms with E-state index in [4.69, 9.17) is 16.7 Å². The van der Waals surface area contributed by atoms with Crippen LogP contribution in [0, 0.1) is 0 Å². The van der Waals surface area contributed by atoms with Crippen LogP contribution in [0.4, 0.5) is 13.2 Å². The SMILES string of the molecule is O=C(O)C1=Cc2c(Cl)cccc2S[C@@H]1C(F)(F)F. The van der Waals surface area contributed by atoms with Crippen LogP contribution in [0.5, 0.6) is 0 Å². The van der Waals surface area contributed by atoms with E-state index in [0.717, 1.165) is 6.08 Å². The smallest absolute Gasteiger partial charge is 0.405 e. The van der Waals surface area contributed by atoms with E-state index in [2.05, 4.69) is 0 Å². The summed E-state index contributed by atoms with van der Waals surface area (Å²) in [6.07, 6.45) is -3.62. The quantitative estimate of drug-likeness (QED) is 0.855. The molecule has 0 spiro atoms. The van der Waals surface area contributed by atoms with Crippen molar-refractivity contribution in [1.29, 1.82) is 0 Å². The zero-order valence-electron chi connectivity index (χ0n) is 8.66. The van der Waals surface area contributed by atoms with Gasteiger partial charge in [0, 0.05) is 15.5 Å². The molecule has 1 aromatic rings. The average molecular weight is 295 g/mol. The Balaban J connectivity index is 2.57. The monoisotopic (exact) mass is 294 g/mol. The summed E-state index contributed by atoms with van der Waals surface area (Å²) < 4.78 is 38.4. The Kier molecular flexibility index (Phi) is 3.33. The topological polar surface area (TPSA) is 37.3 Å². The largest absolute Gasteiger partial charge is 0.478 e. The molecule has 2 nitrogen and oxygen atoms in total. The summed E-state index contributed by atoms with van der Waals surface area (Å²) in [6, 6.07) is 4.52. The van der Waals surface area contributed by atoms with Crippen molar-refractivity contribution in [2.24, 2.45) is 0 Å². The maximum absolute atomic E-state index is 12.8. The van der Waals surface area contributed by atoms with Gasteiger partial charge in [-0.25, -0.2) is 4.79 Å². The van der Waals surface area contributed by atoms with Crippen LogP contribution in [0.2, 0.25) is 5.02 Å². The van der Waals surface area contributed by atoms with E-state index < -0.39 is 23.0 Å². The summed E-state index contributed by atoms with van der Waals surface area (Å²) in [5.41, 5.74) is -0.379. The molecule has 0 saturated heterocycles. The first-order valence-corrected chi connectivity index (χ1v) is 6.03. The summed E-state index contributed by atoms with van der Waals surface area (Å²) in [4.78, 5) is 11.2. The fourth-order valence-electron chi connectivity index (χ4n) is 1.60. The first-order chi connectivity index (χ1) is 8.30. The Hall–Kier alpha value is -1.14. The zero-order valence-corrected chi connectivity index (χ0v) is 10.2. The Morgan fingerprint density at radius 1 is 1.39 bits per heavy atom. The molecule has 0 fully saturated rings. The molecule has 0 unspecified atom stereocenters. The molecule has 18 heavy (non-hydrogen) atoms. The third-order valence-electron chi connectivity index (χ3n) is 2.38. The van der Waals surface area contributed by atoms with Gasteiger partial charge in [0.2, 0.25) is 0 Å². The lowest BCUT2D eigenvalue weighted by Crippen LogP contribution is -2.32. The maximum atomic E-state index is 12.8. The minimum atomic E-state index is -4.62. The van der Waals surface area contributed by atoms with Crippen molar-refractivity contribution in [3.8, 4) is 0 Å². The van der Waals surface area contributed by atoms with Gasteiger partial charge in [-0.05, 0) is 18.2 Å². The van der Waals surface area contributed by atoms with Gasteiger partial charge >= 0.3 is 12.1 Å². The lowest BCUT2D eigenvalue weighted by molar-refractivity contribution is -0.140. The van der Waals surface area contributed by atoms with Crippen LogP contribution in [-0.4, -0.2) is 22.5 Å². The number of thioether (sulfide) groups is 1. The van der Waals surface area contributed by atoms with Crippen LogP contribution < -0.4 is 0 Å². The molecule has 1 aliphatic heterocycles. The van der Waals surface area contributed by atoms with E-state index in [1.54, 1.807) is 0 Å². The van der Waals surface area contributed by atoms with Crippen molar-refractivity contribution in [3.63, 3.8) is 0 Å². The molecule has 7 heteroatoms. The highest BCUT2D eigenvalue weighted by atomic mass is 35.5. The molecule has 1 atom stereocenters. The van der Waals surface area contributed by atoms with E-state index in [0.29, 0.717) is 22.2 Å². The summed E-state index contributed by atoms with van der Waals surface area (Å²) in [7, 11) is 0. The molecular weight excluding hydrogens is 289 g/mol. The number of aliphatic carboxylic acids is 1. The summed E-state index contributed by atoms with van der Waals surface area (Å²) >= 11 is 6.30. The predicted molar refractivity (Wildman–Crippen MR) is 62.8 cm³/mol. The Morgan fingerprint density at radius 3 is 2.61 bits per heavy atom. The van der Waals surface area contributed by atoms with Gasteiger partial charge < -0.3 is 5.11 Å². The first-order valence-electron chi connectivity index (χ1n) is 4.77. The molecule has 1 aromatic carbocycles. The summed E-state index contributed by atoms with van der Waals surface area (Å²) in [6.45, 7) is 0. The Morgan fingerprint density at radius 2 is 2.06 bits per heavy atom. The zero-order chi connectivity index (χ0) is 13.5. The molecule has 1 aliphatic rings. The van der Waals surface area contributed by atoms with E-state index in [1.165, 1.54) is 18.2 Å². The minimum Gasteiger partial charge on any atom is -0.478 e. The van der Waals surface area contributed by atoms with E-state index in [-0.39, 0.29) is 5.02 Å². The fraction of sp³-hybridized carbons (Fsp3) is 0.182. The van der Waals surface area contributed by atoms with Gasteiger partial charge in [-0.1, -0.05) is 17.7 Å².